The molecule has 0 aliphatic carbocycles. The standard InChI is InChI=1S/C17H28ClN3O2/c1-13(2)22-11-5-10-20-17(19-4)21-12-14(3)23-16-8-6-15(18)7-9-16/h6-9,13-14H,5,10-12H2,1-4H3,(H2,19,20,21). The van der Waals surface area contributed by atoms with Crippen LogP contribution in [0.15, 0.2) is 29.3 Å². The molecule has 1 atom stereocenters. The molecule has 1 aromatic carbocycles. The smallest absolute Gasteiger partial charge is 0.191 e. The van der Waals surface area contributed by atoms with Crippen LogP contribution in [0.4, 0.5) is 0 Å². The van der Waals surface area contributed by atoms with Crippen molar-refractivity contribution in [2.24, 2.45) is 4.99 Å². The highest BCUT2D eigenvalue weighted by molar-refractivity contribution is 6.30. The van der Waals surface area contributed by atoms with Crippen LogP contribution < -0.4 is 15.4 Å². The van der Waals surface area contributed by atoms with Crippen molar-refractivity contribution in [3.8, 4) is 5.75 Å². The average molecular weight is 342 g/mol. The van der Waals surface area contributed by atoms with Crippen LogP contribution in [0, 0.1) is 0 Å². The third kappa shape index (κ3) is 9.31. The van der Waals surface area contributed by atoms with E-state index < -0.39 is 0 Å². The van der Waals surface area contributed by atoms with Crippen molar-refractivity contribution < 1.29 is 9.47 Å². The summed E-state index contributed by atoms with van der Waals surface area (Å²) in [5.41, 5.74) is 0. The molecule has 5 nitrogen and oxygen atoms in total. The minimum absolute atomic E-state index is 0.0130. The van der Waals surface area contributed by atoms with Gasteiger partial charge in [-0.2, -0.15) is 0 Å². The summed E-state index contributed by atoms with van der Waals surface area (Å²) in [6.07, 6.45) is 1.23. The third-order valence-corrected chi connectivity index (χ3v) is 3.25. The van der Waals surface area contributed by atoms with Crippen LogP contribution in [0.25, 0.3) is 0 Å². The van der Waals surface area contributed by atoms with Gasteiger partial charge >= 0.3 is 0 Å². The van der Waals surface area contributed by atoms with E-state index in [2.05, 4.69) is 15.6 Å². The van der Waals surface area contributed by atoms with E-state index in [4.69, 9.17) is 21.1 Å². The van der Waals surface area contributed by atoms with Crippen LogP contribution in [0.1, 0.15) is 27.2 Å². The number of aliphatic imine (C=N–C) groups is 1. The van der Waals surface area contributed by atoms with Crippen LogP contribution in [0.5, 0.6) is 5.75 Å². The number of guanidine groups is 1. The highest BCUT2D eigenvalue weighted by Gasteiger charge is 2.05. The molecule has 0 radical (unpaired) electrons. The van der Waals surface area contributed by atoms with Crippen molar-refractivity contribution in [3.63, 3.8) is 0 Å². The van der Waals surface area contributed by atoms with Gasteiger partial charge in [-0.3, -0.25) is 4.99 Å². The fraction of sp³-hybridized carbons (Fsp3) is 0.588. The SMILES string of the molecule is CN=C(NCCCOC(C)C)NCC(C)Oc1ccc(Cl)cc1. The molecule has 23 heavy (non-hydrogen) atoms. The summed E-state index contributed by atoms with van der Waals surface area (Å²) in [4.78, 5) is 4.19. The van der Waals surface area contributed by atoms with Crippen molar-refractivity contribution in [3.05, 3.63) is 29.3 Å². The molecule has 0 fully saturated rings. The van der Waals surface area contributed by atoms with E-state index in [-0.39, 0.29) is 12.2 Å². The minimum Gasteiger partial charge on any atom is -0.489 e. The van der Waals surface area contributed by atoms with E-state index in [0.717, 1.165) is 31.3 Å². The summed E-state index contributed by atoms with van der Waals surface area (Å²) in [6.45, 7) is 8.30. The summed E-state index contributed by atoms with van der Waals surface area (Å²) >= 11 is 5.86. The highest BCUT2D eigenvalue weighted by atomic mass is 35.5. The molecule has 2 N–H and O–H groups in total. The summed E-state index contributed by atoms with van der Waals surface area (Å²) in [5.74, 6) is 1.57. The van der Waals surface area contributed by atoms with Gasteiger partial charge in [0.05, 0.1) is 12.6 Å². The Labute approximate surface area is 144 Å². The number of benzene rings is 1. The molecule has 130 valence electrons. The van der Waals surface area contributed by atoms with Crippen LogP contribution >= 0.6 is 11.6 Å². The molecule has 1 aromatic rings. The van der Waals surface area contributed by atoms with Gasteiger partial charge < -0.3 is 20.1 Å². The summed E-state index contributed by atoms with van der Waals surface area (Å²) in [7, 11) is 1.75. The van der Waals surface area contributed by atoms with Crippen LogP contribution in [-0.2, 0) is 4.74 Å². The van der Waals surface area contributed by atoms with Crippen LogP contribution in [-0.4, -0.2) is 44.9 Å². The van der Waals surface area contributed by atoms with Crippen molar-refractivity contribution in [2.45, 2.75) is 39.4 Å². The first-order valence-electron chi connectivity index (χ1n) is 7.99. The molecule has 0 aliphatic rings. The lowest BCUT2D eigenvalue weighted by atomic mass is 10.3. The van der Waals surface area contributed by atoms with Gasteiger partial charge in [-0.05, 0) is 51.5 Å². The molecule has 0 bridgehead atoms. The summed E-state index contributed by atoms with van der Waals surface area (Å²) in [6, 6.07) is 7.36. The molecule has 0 aliphatic heterocycles. The lowest BCUT2D eigenvalue weighted by Crippen LogP contribution is -2.42. The highest BCUT2D eigenvalue weighted by Crippen LogP contribution is 2.16. The molecule has 1 unspecified atom stereocenters. The number of hydrogen-bond donors (Lipinski definition) is 2. The van der Waals surface area contributed by atoms with Crippen molar-refractivity contribution >= 4 is 17.6 Å². The topological polar surface area (TPSA) is 54.9 Å². The molecule has 0 amide bonds. The molecular weight excluding hydrogens is 314 g/mol. The molecule has 0 heterocycles. The van der Waals surface area contributed by atoms with E-state index in [1.54, 1.807) is 7.05 Å². The number of nitrogens with one attached hydrogen (secondary N) is 2. The normalized spacial score (nSPS) is 13.0. The third-order valence-electron chi connectivity index (χ3n) is 3.00. The Kier molecular flexibility index (Phi) is 9.48. The number of ether oxygens (including phenoxy) is 2. The van der Waals surface area contributed by atoms with Crippen molar-refractivity contribution in [1.29, 1.82) is 0 Å². The molecule has 1 rings (SSSR count). The van der Waals surface area contributed by atoms with Gasteiger partial charge in [-0.25, -0.2) is 0 Å². The zero-order valence-electron chi connectivity index (χ0n) is 14.4. The maximum Gasteiger partial charge on any atom is 0.191 e. The van der Waals surface area contributed by atoms with Gasteiger partial charge in [0, 0.05) is 25.2 Å². The second kappa shape index (κ2) is 11.1. The second-order valence-corrected chi connectivity index (χ2v) is 5.97. The monoisotopic (exact) mass is 341 g/mol. The Morgan fingerprint density at radius 2 is 1.87 bits per heavy atom. The zero-order chi connectivity index (χ0) is 17.1. The Balaban J connectivity index is 2.21. The van der Waals surface area contributed by atoms with Gasteiger partial charge in [-0.1, -0.05) is 11.6 Å². The molecule has 0 spiro atoms. The van der Waals surface area contributed by atoms with Crippen molar-refractivity contribution in [1.82, 2.24) is 10.6 Å². The molecular formula is C17H28ClN3O2. The largest absolute Gasteiger partial charge is 0.489 e. The maximum atomic E-state index is 5.86. The lowest BCUT2D eigenvalue weighted by molar-refractivity contribution is 0.0776. The Morgan fingerprint density at radius 1 is 1.17 bits per heavy atom. The maximum absolute atomic E-state index is 5.86. The van der Waals surface area contributed by atoms with Crippen LogP contribution in [0.3, 0.4) is 0 Å². The molecule has 6 heteroatoms. The molecule has 0 saturated carbocycles. The van der Waals surface area contributed by atoms with Crippen LogP contribution in [0.2, 0.25) is 5.02 Å². The van der Waals surface area contributed by atoms with Gasteiger partial charge in [0.1, 0.15) is 11.9 Å². The van der Waals surface area contributed by atoms with E-state index in [0.29, 0.717) is 11.6 Å². The number of halogens is 1. The Hall–Kier alpha value is -1.46. The van der Waals surface area contributed by atoms with Gasteiger partial charge in [-0.15, -0.1) is 0 Å². The predicted molar refractivity (Wildman–Crippen MR) is 96.6 cm³/mol. The van der Waals surface area contributed by atoms with Gasteiger partial charge in [0.15, 0.2) is 5.96 Å². The van der Waals surface area contributed by atoms with E-state index in [1.807, 2.05) is 45.0 Å². The first-order chi connectivity index (χ1) is 11.0. The predicted octanol–water partition coefficient (Wildman–Crippen LogP) is 3.09. The first kappa shape index (κ1) is 19.6. The number of rotatable bonds is 9. The first-order valence-corrected chi connectivity index (χ1v) is 8.37. The minimum atomic E-state index is 0.0130. The average Bonchev–Trinajstić information content (AvgIpc) is 2.52. The van der Waals surface area contributed by atoms with E-state index >= 15 is 0 Å². The second-order valence-electron chi connectivity index (χ2n) is 5.54. The van der Waals surface area contributed by atoms with Gasteiger partial charge in [0.2, 0.25) is 0 Å². The Morgan fingerprint density at radius 3 is 2.48 bits per heavy atom. The van der Waals surface area contributed by atoms with E-state index in [9.17, 15) is 0 Å². The Bertz CT molecular complexity index is 463. The fourth-order valence-corrected chi connectivity index (χ4v) is 1.97. The quantitative estimate of drug-likeness (QED) is 0.412. The number of nitrogens with zero attached hydrogens (tertiary/aromatic N) is 1. The lowest BCUT2D eigenvalue weighted by Gasteiger charge is -2.18. The van der Waals surface area contributed by atoms with Gasteiger partial charge in [0.25, 0.3) is 0 Å². The number of hydrogen-bond acceptors (Lipinski definition) is 3. The summed E-state index contributed by atoms with van der Waals surface area (Å²) < 4.78 is 11.3. The zero-order valence-corrected chi connectivity index (χ0v) is 15.2. The molecule has 0 aromatic heterocycles. The van der Waals surface area contributed by atoms with E-state index in [1.165, 1.54) is 0 Å². The fourth-order valence-electron chi connectivity index (χ4n) is 1.85. The van der Waals surface area contributed by atoms with Crippen molar-refractivity contribution in [2.75, 3.05) is 26.7 Å². The molecule has 0 saturated heterocycles. The summed E-state index contributed by atoms with van der Waals surface area (Å²) in [5, 5.41) is 7.21.